The predicted molar refractivity (Wildman–Crippen MR) is 147 cm³/mol. The number of carbonyl (C=O) groups excluding carboxylic acids is 1. The molecule has 4 aromatic rings. The first-order chi connectivity index (χ1) is 18.2. The molecule has 1 heterocycles. The molecular formula is C27H26ClFN4O4S. The Hall–Kier alpha value is -3.89. The van der Waals surface area contributed by atoms with Crippen molar-refractivity contribution in [2.24, 2.45) is 0 Å². The number of nitrogens with one attached hydrogen (secondary N) is 3. The van der Waals surface area contributed by atoms with E-state index in [4.69, 9.17) is 16.3 Å². The molecule has 1 aromatic heterocycles. The van der Waals surface area contributed by atoms with Crippen molar-refractivity contribution in [1.82, 2.24) is 10.3 Å². The maximum absolute atomic E-state index is 13.1. The Morgan fingerprint density at radius 3 is 2.58 bits per heavy atom. The van der Waals surface area contributed by atoms with Gasteiger partial charge >= 0.3 is 0 Å². The second-order valence-electron chi connectivity index (χ2n) is 8.48. The summed E-state index contributed by atoms with van der Waals surface area (Å²) in [5.41, 5.74) is 2.54. The van der Waals surface area contributed by atoms with Crippen LogP contribution < -0.4 is 20.1 Å². The average Bonchev–Trinajstić information content (AvgIpc) is 2.88. The number of aromatic nitrogens is 1. The van der Waals surface area contributed by atoms with Crippen LogP contribution in [0.2, 0.25) is 5.02 Å². The highest BCUT2D eigenvalue weighted by Crippen LogP contribution is 2.25. The van der Waals surface area contributed by atoms with E-state index in [1.54, 1.807) is 19.2 Å². The lowest BCUT2D eigenvalue weighted by Crippen LogP contribution is -2.30. The molecule has 0 aliphatic rings. The third kappa shape index (κ3) is 7.11. The van der Waals surface area contributed by atoms with Crippen LogP contribution in [0.25, 0.3) is 10.9 Å². The van der Waals surface area contributed by atoms with Crippen LogP contribution in [0.4, 0.5) is 15.8 Å². The number of anilines is 2. The predicted octanol–water partition coefficient (Wildman–Crippen LogP) is 5.13. The van der Waals surface area contributed by atoms with Crippen molar-refractivity contribution < 1.29 is 22.3 Å². The van der Waals surface area contributed by atoms with E-state index in [9.17, 15) is 17.6 Å². The molecule has 0 saturated carbocycles. The van der Waals surface area contributed by atoms with Crippen molar-refractivity contribution in [3.63, 3.8) is 0 Å². The number of rotatable bonds is 11. The molecule has 198 valence electrons. The summed E-state index contributed by atoms with van der Waals surface area (Å²) in [7, 11) is -3.87. The van der Waals surface area contributed by atoms with E-state index in [1.807, 2.05) is 18.2 Å². The van der Waals surface area contributed by atoms with E-state index in [0.29, 0.717) is 35.8 Å². The van der Waals surface area contributed by atoms with E-state index >= 15 is 0 Å². The normalized spacial score (nSPS) is 11.2. The van der Waals surface area contributed by atoms with E-state index in [2.05, 4.69) is 20.3 Å². The van der Waals surface area contributed by atoms with Crippen molar-refractivity contribution in [1.29, 1.82) is 0 Å². The average molecular weight is 557 g/mol. The maximum Gasteiger partial charge on any atom is 0.261 e. The van der Waals surface area contributed by atoms with Crippen molar-refractivity contribution in [2.75, 3.05) is 29.7 Å². The van der Waals surface area contributed by atoms with Gasteiger partial charge in [0.1, 0.15) is 11.6 Å². The number of sulfonamides is 1. The molecule has 8 nitrogen and oxygen atoms in total. The lowest BCUT2D eigenvalue weighted by Gasteiger charge is -2.13. The summed E-state index contributed by atoms with van der Waals surface area (Å²) in [6, 6.07) is 16.8. The first kappa shape index (κ1) is 27.2. The van der Waals surface area contributed by atoms with E-state index in [-0.39, 0.29) is 23.1 Å². The molecule has 4 rings (SSSR count). The van der Waals surface area contributed by atoms with Gasteiger partial charge < -0.3 is 15.4 Å². The number of pyridine rings is 1. The lowest BCUT2D eigenvalue weighted by atomic mass is 10.2. The summed E-state index contributed by atoms with van der Waals surface area (Å²) in [6.45, 7) is 2.58. The largest absolute Gasteiger partial charge is 0.484 e. The number of ether oxygens (including phenoxy) is 1. The highest BCUT2D eigenvalue weighted by Gasteiger charge is 2.16. The second kappa shape index (κ2) is 12.1. The van der Waals surface area contributed by atoms with E-state index in [1.165, 1.54) is 42.5 Å². The Bertz CT molecular complexity index is 1550. The summed E-state index contributed by atoms with van der Waals surface area (Å²) in [4.78, 5) is 16.6. The first-order valence-corrected chi connectivity index (χ1v) is 13.6. The van der Waals surface area contributed by atoms with Gasteiger partial charge in [0.25, 0.3) is 15.9 Å². The van der Waals surface area contributed by atoms with Gasteiger partial charge in [0.05, 0.1) is 10.4 Å². The summed E-state index contributed by atoms with van der Waals surface area (Å²) >= 11 is 6.03. The zero-order valence-corrected chi connectivity index (χ0v) is 22.1. The standard InChI is InChI=1S/C27H26ClFN4O4S/c1-18-15-22(38(35,36)33-21-6-4-20(29)5-7-21)8-10-26(18)37-17-27(34)32-13-2-12-30-24-11-14-31-25-16-19(28)3-9-23(24)25/h3-11,14-16,33H,2,12-13,17H2,1H3,(H,30,31)(H,32,34). The van der Waals surface area contributed by atoms with Gasteiger partial charge in [-0.05, 0) is 85.6 Å². The molecule has 0 saturated heterocycles. The number of aryl methyl sites for hydroxylation is 1. The number of fused-ring (bicyclic) bond motifs is 1. The quantitative estimate of drug-likeness (QED) is 0.221. The number of hydrogen-bond acceptors (Lipinski definition) is 6. The second-order valence-corrected chi connectivity index (χ2v) is 10.6. The fourth-order valence-electron chi connectivity index (χ4n) is 3.69. The van der Waals surface area contributed by atoms with Gasteiger partial charge in [0.15, 0.2) is 6.61 Å². The fourth-order valence-corrected chi connectivity index (χ4v) is 5.00. The van der Waals surface area contributed by atoms with E-state index in [0.717, 1.165) is 16.6 Å². The Labute approximate surface area is 225 Å². The van der Waals surface area contributed by atoms with Crippen LogP contribution in [0, 0.1) is 12.7 Å². The van der Waals surface area contributed by atoms with Gasteiger partial charge in [0, 0.05) is 41.1 Å². The fraction of sp³-hybridized carbons (Fsp3) is 0.185. The summed E-state index contributed by atoms with van der Waals surface area (Å²) in [6.07, 6.45) is 2.40. The third-order valence-electron chi connectivity index (χ3n) is 5.61. The van der Waals surface area contributed by atoms with Crippen LogP contribution in [-0.2, 0) is 14.8 Å². The maximum atomic E-state index is 13.1. The number of carbonyl (C=O) groups is 1. The number of amides is 1. The Kier molecular flexibility index (Phi) is 8.65. The molecule has 3 N–H and O–H groups in total. The first-order valence-electron chi connectivity index (χ1n) is 11.8. The molecule has 0 aliphatic heterocycles. The molecule has 38 heavy (non-hydrogen) atoms. The monoisotopic (exact) mass is 556 g/mol. The summed E-state index contributed by atoms with van der Waals surface area (Å²) in [5, 5.41) is 7.74. The van der Waals surface area contributed by atoms with Gasteiger partial charge in [0.2, 0.25) is 0 Å². The number of halogens is 2. The van der Waals surface area contributed by atoms with Crippen LogP contribution in [0.15, 0.2) is 77.8 Å². The number of nitrogens with zero attached hydrogens (tertiary/aromatic N) is 1. The van der Waals surface area contributed by atoms with Crippen LogP contribution in [0.5, 0.6) is 5.75 Å². The van der Waals surface area contributed by atoms with Crippen molar-refractivity contribution in [2.45, 2.75) is 18.2 Å². The minimum atomic E-state index is -3.87. The minimum Gasteiger partial charge on any atom is -0.484 e. The van der Waals surface area contributed by atoms with Crippen molar-refractivity contribution in [3.8, 4) is 5.75 Å². The van der Waals surface area contributed by atoms with Gasteiger partial charge in [-0.25, -0.2) is 12.8 Å². The Balaban J connectivity index is 1.22. The molecular weight excluding hydrogens is 531 g/mol. The summed E-state index contributed by atoms with van der Waals surface area (Å²) in [5.74, 6) is -0.355. The highest BCUT2D eigenvalue weighted by molar-refractivity contribution is 7.92. The topological polar surface area (TPSA) is 109 Å². The van der Waals surface area contributed by atoms with Gasteiger partial charge in [-0.1, -0.05) is 11.6 Å². The molecule has 0 aliphatic carbocycles. The molecule has 11 heteroatoms. The molecule has 0 bridgehead atoms. The highest BCUT2D eigenvalue weighted by atomic mass is 35.5. The molecule has 0 fully saturated rings. The van der Waals surface area contributed by atoms with Gasteiger partial charge in [-0.2, -0.15) is 0 Å². The van der Waals surface area contributed by atoms with Crippen LogP contribution >= 0.6 is 11.6 Å². The Morgan fingerprint density at radius 2 is 1.82 bits per heavy atom. The summed E-state index contributed by atoms with van der Waals surface area (Å²) < 4.78 is 46.3. The zero-order chi connectivity index (χ0) is 27.1. The molecule has 0 atom stereocenters. The van der Waals surface area contributed by atoms with Crippen molar-refractivity contribution >= 4 is 49.8 Å². The van der Waals surface area contributed by atoms with Gasteiger partial charge in [-0.15, -0.1) is 0 Å². The number of benzene rings is 3. The van der Waals surface area contributed by atoms with E-state index < -0.39 is 15.8 Å². The third-order valence-corrected chi connectivity index (χ3v) is 7.22. The zero-order valence-electron chi connectivity index (χ0n) is 20.5. The van der Waals surface area contributed by atoms with Crippen LogP contribution in [0.3, 0.4) is 0 Å². The SMILES string of the molecule is Cc1cc(S(=O)(=O)Nc2ccc(F)cc2)ccc1OCC(=O)NCCCNc1ccnc2cc(Cl)ccc12. The van der Waals surface area contributed by atoms with Crippen LogP contribution in [-0.4, -0.2) is 39.0 Å². The molecule has 0 spiro atoms. The van der Waals surface area contributed by atoms with Crippen molar-refractivity contribution in [3.05, 3.63) is 89.3 Å². The number of hydrogen-bond donors (Lipinski definition) is 3. The molecule has 0 unspecified atom stereocenters. The van der Waals surface area contributed by atoms with Gasteiger partial charge in [-0.3, -0.25) is 14.5 Å². The molecule has 0 radical (unpaired) electrons. The lowest BCUT2D eigenvalue weighted by molar-refractivity contribution is -0.123. The molecule has 1 amide bonds. The smallest absolute Gasteiger partial charge is 0.261 e. The Morgan fingerprint density at radius 1 is 1.03 bits per heavy atom. The van der Waals surface area contributed by atoms with Crippen LogP contribution in [0.1, 0.15) is 12.0 Å². The minimum absolute atomic E-state index is 0.0219. The molecule has 3 aromatic carbocycles.